The average Bonchev–Trinajstić information content (AvgIpc) is 3.90. The Morgan fingerprint density at radius 1 is 0.313 bits per heavy atom. The molecule has 312 valence electrons. The summed E-state index contributed by atoms with van der Waals surface area (Å²) in [6, 6.07) is 94.3. The highest BCUT2D eigenvalue weighted by molar-refractivity contribution is 6.13. The number of rotatable bonds is 6. The molecule has 2 aliphatic rings. The van der Waals surface area contributed by atoms with Crippen molar-refractivity contribution >= 4 is 49.6 Å². The van der Waals surface area contributed by atoms with Crippen LogP contribution in [0.1, 0.15) is 22.3 Å². The molecule has 1 atom stereocenters. The standard InChI is InChI=1S/C65H42N2/c1-2-18-44(19-3-1)48-22-6-7-24-50(48)53-26-9-13-32-61(53)66(60-35-16-21-45-20-4-5-23-49(45)60)47-39-36-43(37-40-47)46-38-41-52-51-25-8-11-29-56(51)65(59(52)42-46)57-30-12-15-34-63(57)67-62-33-14-10-27-54(62)55-28-17-31-58(65)64(55)67/h1-42H. The molecule has 2 nitrogen and oxygen atoms in total. The Kier molecular flexibility index (Phi) is 8.23. The fraction of sp³-hybridized carbons (Fsp3) is 0.0154. The highest BCUT2D eigenvalue weighted by Crippen LogP contribution is 2.61. The first-order valence-electron chi connectivity index (χ1n) is 23.3. The lowest BCUT2D eigenvalue weighted by molar-refractivity contribution is 0.749. The van der Waals surface area contributed by atoms with Gasteiger partial charge in [-0.25, -0.2) is 0 Å². The van der Waals surface area contributed by atoms with Gasteiger partial charge in [-0.05, 0) is 109 Å². The van der Waals surface area contributed by atoms with Crippen LogP contribution in [0.5, 0.6) is 0 Å². The third-order valence-corrected chi connectivity index (χ3v) is 14.6. The van der Waals surface area contributed by atoms with E-state index in [0.29, 0.717) is 0 Å². The van der Waals surface area contributed by atoms with Crippen LogP contribution in [0.4, 0.5) is 17.1 Å². The van der Waals surface area contributed by atoms with E-state index in [9.17, 15) is 0 Å². The molecule has 12 aromatic rings. The number of para-hydroxylation sites is 4. The van der Waals surface area contributed by atoms with E-state index in [1.807, 2.05) is 0 Å². The molecule has 0 saturated heterocycles. The van der Waals surface area contributed by atoms with E-state index in [4.69, 9.17) is 0 Å². The van der Waals surface area contributed by atoms with Crippen molar-refractivity contribution in [3.8, 4) is 50.2 Å². The van der Waals surface area contributed by atoms with Crippen molar-refractivity contribution in [2.75, 3.05) is 4.90 Å². The molecule has 1 unspecified atom stereocenters. The van der Waals surface area contributed by atoms with Crippen LogP contribution in [0.2, 0.25) is 0 Å². The average molecular weight is 851 g/mol. The third kappa shape index (κ3) is 5.39. The van der Waals surface area contributed by atoms with E-state index in [0.717, 1.165) is 17.1 Å². The monoisotopic (exact) mass is 850 g/mol. The predicted molar refractivity (Wildman–Crippen MR) is 280 cm³/mol. The highest BCUT2D eigenvalue weighted by atomic mass is 15.1. The second-order valence-electron chi connectivity index (χ2n) is 17.9. The van der Waals surface area contributed by atoms with E-state index in [-0.39, 0.29) is 0 Å². The van der Waals surface area contributed by atoms with Crippen LogP contribution in [-0.4, -0.2) is 4.57 Å². The Hall–Kier alpha value is -8.72. The van der Waals surface area contributed by atoms with Crippen molar-refractivity contribution in [2.45, 2.75) is 5.41 Å². The molecule has 1 spiro atoms. The van der Waals surface area contributed by atoms with Gasteiger partial charge in [0.25, 0.3) is 0 Å². The first-order valence-corrected chi connectivity index (χ1v) is 23.3. The number of benzene rings is 11. The third-order valence-electron chi connectivity index (χ3n) is 14.6. The van der Waals surface area contributed by atoms with Gasteiger partial charge >= 0.3 is 0 Å². The van der Waals surface area contributed by atoms with Gasteiger partial charge < -0.3 is 9.47 Å². The molecule has 0 amide bonds. The number of anilines is 3. The number of fused-ring (bicyclic) bond motifs is 13. The minimum Gasteiger partial charge on any atom is -0.309 e. The van der Waals surface area contributed by atoms with E-state index < -0.39 is 5.41 Å². The van der Waals surface area contributed by atoms with Crippen LogP contribution < -0.4 is 4.90 Å². The first kappa shape index (κ1) is 37.6. The second-order valence-corrected chi connectivity index (χ2v) is 17.9. The number of aromatic nitrogens is 1. The van der Waals surface area contributed by atoms with E-state index >= 15 is 0 Å². The van der Waals surface area contributed by atoms with Crippen molar-refractivity contribution in [3.63, 3.8) is 0 Å². The van der Waals surface area contributed by atoms with E-state index in [2.05, 4.69) is 264 Å². The Labute approximate surface area is 389 Å². The Morgan fingerprint density at radius 3 is 1.76 bits per heavy atom. The Balaban J connectivity index is 0.957. The van der Waals surface area contributed by atoms with Crippen molar-refractivity contribution in [1.82, 2.24) is 4.57 Å². The molecule has 0 saturated carbocycles. The molecule has 1 aromatic heterocycles. The summed E-state index contributed by atoms with van der Waals surface area (Å²) >= 11 is 0. The van der Waals surface area contributed by atoms with Gasteiger partial charge in [-0.3, -0.25) is 0 Å². The smallest absolute Gasteiger partial charge is 0.0754 e. The lowest BCUT2D eigenvalue weighted by atomic mass is 9.65. The maximum Gasteiger partial charge on any atom is 0.0754 e. The highest BCUT2D eigenvalue weighted by Gasteiger charge is 2.50. The normalized spacial score (nSPS) is 14.3. The van der Waals surface area contributed by atoms with Gasteiger partial charge in [-0.2, -0.15) is 0 Å². The van der Waals surface area contributed by atoms with Gasteiger partial charge in [0.2, 0.25) is 0 Å². The van der Waals surface area contributed by atoms with Crippen LogP contribution >= 0.6 is 0 Å². The molecule has 11 aromatic carbocycles. The molecular weight excluding hydrogens is 809 g/mol. The van der Waals surface area contributed by atoms with Gasteiger partial charge in [0.05, 0.1) is 33.5 Å². The Morgan fingerprint density at radius 2 is 0.896 bits per heavy atom. The minimum atomic E-state index is -0.507. The Bertz CT molecular complexity index is 3930. The van der Waals surface area contributed by atoms with Crippen LogP contribution in [-0.2, 0) is 5.41 Å². The second kappa shape index (κ2) is 14.7. The van der Waals surface area contributed by atoms with Crippen LogP contribution in [0.3, 0.4) is 0 Å². The lowest BCUT2D eigenvalue weighted by Crippen LogP contribution is -2.33. The zero-order valence-electron chi connectivity index (χ0n) is 36.6. The SMILES string of the molecule is c1ccc(-c2ccccc2-c2ccccc2N(c2ccc(-c3ccc4c(c3)C3(c5ccccc5-4)c4ccccc4-n4c5ccccc5c5cccc3c54)cc2)c2cccc3ccccc23)cc1. The topological polar surface area (TPSA) is 8.17 Å². The zero-order chi connectivity index (χ0) is 44.1. The number of nitrogens with zero attached hydrogens (tertiary/aromatic N) is 2. The van der Waals surface area contributed by atoms with Gasteiger partial charge in [-0.1, -0.05) is 212 Å². The molecule has 14 rings (SSSR count). The van der Waals surface area contributed by atoms with Gasteiger partial charge in [0.1, 0.15) is 0 Å². The summed E-state index contributed by atoms with van der Waals surface area (Å²) in [6.45, 7) is 0. The summed E-state index contributed by atoms with van der Waals surface area (Å²) < 4.78 is 2.52. The van der Waals surface area contributed by atoms with Crippen molar-refractivity contribution in [2.24, 2.45) is 0 Å². The molecule has 0 bridgehead atoms. The number of hydrogen-bond donors (Lipinski definition) is 0. The number of hydrogen-bond acceptors (Lipinski definition) is 1. The van der Waals surface area contributed by atoms with Crippen LogP contribution in [0, 0.1) is 0 Å². The molecule has 1 aliphatic heterocycles. The van der Waals surface area contributed by atoms with E-state index in [1.54, 1.807) is 0 Å². The molecule has 0 N–H and O–H groups in total. The van der Waals surface area contributed by atoms with Crippen LogP contribution in [0.15, 0.2) is 255 Å². The summed E-state index contributed by atoms with van der Waals surface area (Å²) in [5.74, 6) is 0. The van der Waals surface area contributed by atoms with Crippen molar-refractivity contribution < 1.29 is 0 Å². The fourth-order valence-corrected chi connectivity index (χ4v) is 11.8. The maximum atomic E-state index is 2.52. The molecule has 0 fully saturated rings. The molecule has 67 heavy (non-hydrogen) atoms. The van der Waals surface area contributed by atoms with Crippen LogP contribution in [0.25, 0.3) is 82.8 Å². The molecule has 1 aliphatic carbocycles. The molecule has 2 heterocycles. The molecular formula is C65H42N2. The van der Waals surface area contributed by atoms with E-state index in [1.165, 1.54) is 105 Å². The van der Waals surface area contributed by atoms with Gasteiger partial charge in [0.15, 0.2) is 0 Å². The quantitative estimate of drug-likeness (QED) is 0.162. The first-order chi connectivity index (χ1) is 33.3. The summed E-state index contributed by atoms with van der Waals surface area (Å²) in [7, 11) is 0. The maximum absolute atomic E-state index is 2.52. The summed E-state index contributed by atoms with van der Waals surface area (Å²) in [5, 5.41) is 4.98. The zero-order valence-corrected chi connectivity index (χ0v) is 36.6. The molecule has 0 radical (unpaired) electrons. The van der Waals surface area contributed by atoms with Gasteiger partial charge in [0, 0.05) is 27.4 Å². The van der Waals surface area contributed by atoms with Crippen molar-refractivity contribution in [1.29, 1.82) is 0 Å². The summed E-state index contributed by atoms with van der Waals surface area (Å²) in [5.41, 5.74) is 21.7. The fourth-order valence-electron chi connectivity index (χ4n) is 11.8. The lowest BCUT2D eigenvalue weighted by Gasteiger charge is -2.39. The van der Waals surface area contributed by atoms with Gasteiger partial charge in [-0.15, -0.1) is 0 Å². The largest absolute Gasteiger partial charge is 0.309 e. The predicted octanol–water partition coefficient (Wildman–Crippen LogP) is 17.1. The molecule has 2 heteroatoms. The summed E-state index contributed by atoms with van der Waals surface area (Å²) in [6.07, 6.45) is 0. The summed E-state index contributed by atoms with van der Waals surface area (Å²) in [4.78, 5) is 2.45. The van der Waals surface area contributed by atoms with Crippen molar-refractivity contribution in [3.05, 3.63) is 277 Å². The minimum absolute atomic E-state index is 0.507.